The Balaban J connectivity index is 1.51. The van der Waals surface area contributed by atoms with Crippen molar-refractivity contribution < 1.29 is 21.6 Å². The maximum absolute atomic E-state index is 14.6. The summed E-state index contributed by atoms with van der Waals surface area (Å²) in [6.07, 6.45) is 6.39. The van der Waals surface area contributed by atoms with E-state index in [1.165, 1.54) is 35.9 Å². The Labute approximate surface area is 248 Å². The number of nitrogens with one attached hydrogen (secondary N) is 1. The Kier molecular flexibility index (Phi) is 6.65. The van der Waals surface area contributed by atoms with Gasteiger partial charge in [0.25, 0.3) is 11.1 Å². The maximum atomic E-state index is 14.6. The zero-order valence-electron chi connectivity index (χ0n) is 23.6. The highest BCUT2D eigenvalue weighted by molar-refractivity contribution is 7.91. The predicted molar refractivity (Wildman–Crippen MR) is 159 cm³/mol. The van der Waals surface area contributed by atoms with Gasteiger partial charge in [0.2, 0.25) is 10.0 Å². The molecule has 5 aromatic rings. The summed E-state index contributed by atoms with van der Waals surface area (Å²) < 4.78 is 69.7. The van der Waals surface area contributed by atoms with Crippen molar-refractivity contribution in [1.82, 2.24) is 28.3 Å². The Morgan fingerprint density at radius 1 is 1.05 bits per heavy atom. The quantitative estimate of drug-likeness (QED) is 0.300. The minimum Gasteiger partial charge on any atom is -0.327 e. The third kappa shape index (κ3) is 4.53. The molecule has 0 spiro atoms. The number of hydrogen-bond acceptors (Lipinski definition) is 6. The van der Waals surface area contributed by atoms with Crippen molar-refractivity contribution in [2.24, 2.45) is 7.05 Å². The van der Waals surface area contributed by atoms with Crippen molar-refractivity contribution in [2.45, 2.75) is 31.3 Å². The number of nitrogens with zero attached hydrogens (tertiary/aromatic N) is 5. The van der Waals surface area contributed by atoms with Crippen LogP contribution in [0.3, 0.4) is 0 Å². The van der Waals surface area contributed by atoms with Gasteiger partial charge in [-0.15, -0.1) is 13.2 Å². The van der Waals surface area contributed by atoms with Crippen molar-refractivity contribution >= 4 is 26.5 Å². The van der Waals surface area contributed by atoms with Gasteiger partial charge in [-0.2, -0.15) is 9.78 Å². The van der Waals surface area contributed by atoms with Crippen LogP contribution in [-0.4, -0.2) is 41.5 Å². The lowest BCUT2D eigenvalue weighted by molar-refractivity contribution is -0.212. The zero-order valence-corrected chi connectivity index (χ0v) is 24.4. The summed E-state index contributed by atoms with van der Waals surface area (Å²) in [5, 5.41) is 3.59. The topological polar surface area (TPSA) is 125 Å². The van der Waals surface area contributed by atoms with E-state index >= 15 is 0 Å². The minimum absolute atomic E-state index is 0.0552. The number of aromatic nitrogens is 6. The van der Waals surface area contributed by atoms with Gasteiger partial charge in [0, 0.05) is 66.2 Å². The molecule has 0 radical (unpaired) electrons. The monoisotopic (exact) mass is 622 g/mol. The van der Waals surface area contributed by atoms with E-state index in [0.717, 1.165) is 15.7 Å². The first-order valence-electron chi connectivity index (χ1n) is 13.3. The van der Waals surface area contributed by atoms with E-state index in [4.69, 9.17) is 0 Å². The Morgan fingerprint density at radius 2 is 1.82 bits per heavy atom. The standard InChI is InChI=1S/C30H25F3N6O4S/c1-18-11-19(23-13-26(40)37(3)17-24(23)21-5-4-9-34-14-21)6-8-29(18,2)44(42,43)39-25(12-20-7-10-35-28(41)27(20)39)22-15-36-38(16-22)30(31,32)33/h4-7,9-17H,8H2,1-3H3,(H,35,41). The van der Waals surface area contributed by atoms with Crippen LogP contribution in [0.1, 0.15) is 25.8 Å². The smallest absolute Gasteiger partial charge is 0.327 e. The SMILES string of the molecule is CC1=CC(c2cc(=O)n(C)cc2-c2cccnc2)=CCC1(C)S(=O)(=O)n1c(-c2cnn(C(F)(F)F)c2)cc2cc[nH]c(=O)c21. The lowest BCUT2D eigenvalue weighted by atomic mass is 9.86. The van der Waals surface area contributed by atoms with Gasteiger partial charge in [0.15, 0.2) is 0 Å². The second-order valence-electron chi connectivity index (χ2n) is 10.8. The van der Waals surface area contributed by atoms with Crippen LogP contribution in [0, 0.1) is 0 Å². The van der Waals surface area contributed by atoms with E-state index in [-0.39, 0.29) is 38.8 Å². The first-order valence-corrected chi connectivity index (χ1v) is 14.8. The first-order chi connectivity index (χ1) is 20.7. The molecular formula is C30H25F3N6O4S. The van der Waals surface area contributed by atoms with E-state index < -0.39 is 26.6 Å². The van der Waals surface area contributed by atoms with E-state index in [0.29, 0.717) is 28.5 Å². The lowest BCUT2D eigenvalue weighted by Crippen LogP contribution is -2.42. The number of alkyl halides is 3. The fraction of sp³-hybridized carbons (Fsp3) is 0.200. The van der Waals surface area contributed by atoms with Crippen LogP contribution in [0.4, 0.5) is 13.2 Å². The molecule has 10 nitrogen and oxygen atoms in total. The van der Waals surface area contributed by atoms with Crippen molar-refractivity contribution in [3.63, 3.8) is 0 Å². The molecular weight excluding hydrogens is 597 g/mol. The molecule has 0 saturated heterocycles. The molecule has 1 unspecified atom stereocenters. The molecule has 0 aliphatic heterocycles. The van der Waals surface area contributed by atoms with Gasteiger partial charge in [-0.05, 0) is 55.2 Å². The van der Waals surface area contributed by atoms with Gasteiger partial charge in [0.1, 0.15) is 10.3 Å². The van der Waals surface area contributed by atoms with Gasteiger partial charge in [0.05, 0.1) is 11.9 Å². The van der Waals surface area contributed by atoms with Crippen LogP contribution in [0.5, 0.6) is 0 Å². The lowest BCUT2D eigenvalue weighted by Gasteiger charge is -2.34. The fourth-order valence-corrected chi connectivity index (χ4v) is 7.42. The molecule has 226 valence electrons. The zero-order chi connectivity index (χ0) is 31.6. The first kappa shape index (κ1) is 29.1. The molecule has 44 heavy (non-hydrogen) atoms. The van der Waals surface area contributed by atoms with Crippen molar-refractivity contribution in [3.8, 4) is 22.4 Å². The molecule has 0 aromatic carbocycles. The van der Waals surface area contributed by atoms with E-state index in [2.05, 4.69) is 15.1 Å². The molecule has 0 saturated carbocycles. The number of aromatic amines is 1. The van der Waals surface area contributed by atoms with Crippen LogP contribution in [-0.2, 0) is 23.4 Å². The molecule has 5 aromatic heterocycles. The summed E-state index contributed by atoms with van der Waals surface area (Å²) in [4.78, 5) is 32.3. The fourth-order valence-electron chi connectivity index (χ4n) is 5.41. The van der Waals surface area contributed by atoms with Gasteiger partial charge in [-0.1, -0.05) is 18.2 Å². The highest BCUT2D eigenvalue weighted by Gasteiger charge is 2.45. The number of halogens is 3. The largest absolute Gasteiger partial charge is 0.504 e. The van der Waals surface area contributed by atoms with Crippen molar-refractivity contribution in [2.75, 3.05) is 0 Å². The third-order valence-electron chi connectivity index (χ3n) is 8.06. The summed E-state index contributed by atoms with van der Waals surface area (Å²) >= 11 is 0. The Morgan fingerprint density at radius 3 is 2.48 bits per heavy atom. The second kappa shape index (κ2) is 10.0. The van der Waals surface area contributed by atoms with Gasteiger partial charge in [-0.3, -0.25) is 14.6 Å². The molecule has 6 rings (SSSR count). The molecule has 14 heteroatoms. The second-order valence-corrected chi connectivity index (χ2v) is 13.0. The number of allylic oxidation sites excluding steroid dienone is 3. The number of aryl methyl sites for hydroxylation is 1. The summed E-state index contributed by atoms with van der Waals surface area (Å²) in [6.45, 7) is 3.13. The van der Waals surface area contributed by atoms with E-state index in [1.54, 1.807) is 50.8 Å². The molecule has 1 aliphatic rings. The van der Waals surface area contributed by atoms with E-state index in [9.17, 15) is 31.2 Å². The predicted octanol–water partition coefficient (Wildman–Crippen LogP) is 4.80. The maximum Gasteiger partial charge on any atom is 0.504 e. The Hall–Kier alpha value is -4.98. The minimum atomic E-state index is -4.82. The summed E-state index contributed by atoms with van der Waals surface area (Å²) in [6, 6.07) is 7.92. The van der Waals surface area contributed by atoms with Crippen LogP contribution < -0.4 is 11.1 Å². The number of pyridine rings is 3. The number of H-pyrrole nitrogens is 1. The summed E-state index contributed by atoms with van der Waals surface area (Å²) in [5.74, 6) is 0. The van der Waals surface area contributed by atoms with Crippen LogP contribution in [0.15, 0.2) is 94.8 Å². The highest BCUT2D eigenvalue weighted by Crippen LogP contribution is 2.43. The average Bonchev–Trinajstić information content (AvgIpc) is 3.63. The van der Waals surface area contributed by atoms with Gasteiger partial charge in [-0.25, -0.2) is 12.4 Å². The van der Waals surface area contributed by atoms with E-state index in [1.807, 2.05) is 6.07 Å². The molecule has 0 fully saturated rings. The molecule has 5 heterocycles. The van der Waals surface area contributed by atoms with Crippen LogP contribution in [0.25, 0.3) is 38.9 Å². The molecule has 0 bridgehead atoms. The summed E-state index contributed by atoms with van der Waals surface area (Å²) in [7, 11) is -2.88. The van der Waals surface area contributed by atoms with Crippen LogP contribution in [0.2, 0.25) is 0 Å². The normalized spacial score (nSPS) is 17.5. The average molecular weight is 623 g/mol. The van der Waals surface area contributed by atoms with Gasteiger partial charge < -0.3 is 9.55 Å². The van der Waals surface area contributed by atoms with Crippen molar-refractivity contribution in [1.29, 1.82) is 0 Å². The molecule has 1 atom stereocenters. The molecule has 1 aliphatic carbocycles. The number of hydrogen-bond donors (Lipinski definition) is 1. The molecule has 0 amide bonds. The highest BCUT2D eigenvalue weighted by atomic mass is 32.2. The number of rotatable bonds is 5. The van der Waals surface area contributed by atoms with Gasteiger partial charge >= 0.3 is 6.30 Å². The number of fused-ring (bicyclic) bond motifs is 1. The van der Waals surface area contributed by atoms with Crippen LogP contribution >= 0.6 is 0 Å². The third-order valence-corrected chi connectivity index (χ3v) is 10.5. The summed E-state index contributed by atoms with van der Waals surface area (Å²) in [5.41, 5.74) is 1.59. The molecule has 1 N–H and O–H groups in total. The van der Waals surface area contributed by atoms with Crippen molar-refractivity contribution in [3.05, 3.63) is 112 Å². The Bertz CT molecular complexity index is 2240.